The molecule has 3 nitrogen and oxygen atoms in total. The first-order chi connectivity index (χ1) is 9.48. The van der Waals surface area contributed by atoms with Gasteiger partial charge >= 0.3 is 0 Å². The molecule has 0 radical (unpaired) electrons. The predicted molar refractivity (Wildman–Crippen MR) is 76.8 cm³/mol. The molecule has 1 aromatic rings. The van der Waals surface area contributed by atoms with Crippen molar-refractivity contribution in [1.29, 1.82) is 0 Å². The molecule has 0 bridgehead atoms. The van der Waals surface area contributed by atoms with Crippen molar-refractivity contribution in [3.8, 4) is 0 Å². The Balaban J connectivity index is 1.76. The Morgan fingerprint density at radius 2 is 1.90 bits per heavy atom. The van der Waals surface area contributed by atoms with E-state index in [1.54, 1.807) is 12.1 Å². The first-order valence-corrected chi connectivity index (χ1v) is 7.35. The summed E-state index contributed by atoms with van der Waals surface area (Å²) >= 11 is 0. The van der Waals surface area contributed by atoms with Crippen LogP contribution in [-0.2, 0) is 0 Å². The smallest absolute Gasteiger partial charge is 0.123 e. The standard InChI is InChI=1S/C16H24FNO2/c1-12-6-8-16(20,9-7-12)11-18-10-15(19)13-2-4-14(17)5-3-13/h2-5,12,15,18-20H,6-11H2,1H3. The maximum atomic E-state index is 12.8. The van der Waals surface area contributed by atoms with E-state index < -0.39 is 11.7 Å². The molecule has 4 heteroatoms. The molecule has 1 fully saturated rings. The zero-order valence-corrected chi connectivity index (χ0v) is 12.0. The molecule has 1 aliphatic carbocycles. The third-order valence-electron chi connectivity index (χ3n) is 4.25. The highest BCUT2D eigenvalue weighted by atomic mass is 19.1. The van der Waals surface area contributed by atoms with Crippen LogP contribution in [0.25, 0.3) is 0 Å². The molecule has 0 aliphatic heterocycles. The minimum Gasteiger partial charge on any atom is -0.389 e. The van der Waals surface area contributed by atoms with Gasteiger partial charge in [-0.3, -0.25) is 0 Å². The van der Waals surface area contributed by atoms with Crippen molar-refractivity contribution in [2.75, 3.05) is 13.1 Å². The van der Waals surface area contributed by atoms with E-state index in [4.69, 9.17) is 0 Å². The summed E-state index contributed by atoms with van der Waals surface area (Å²) in [6.45, 7) is 3.08. The van der Waals surface area contributed by atoms with E-state index in [-0.39, 0.29) is 5.82 Å². The molecule has 1 aliphatic rings. The predicted octanol–water partition coefficient (Wildman–Crippen LogP) is 2.39. The Morgan fingerprint density at radius 1 is 1.30 bits per heavy atom. The van der Waals surface area contributed by atoms with Crippen molar-refractivity contribution in [2.24, 2.45) is 5.92 Å². The normalized spacial score (nSPS) is 28.3. The summed E-state index contributed by atoms with van der Waals surface area (Å²) in [5.74, 6) is 0.389. The number of hydrogen-bond acceptors (Lipinski definition) is 3. The Morgan fingerprint density at radius 3 is 2.50 bits per heavy atom. The third-order valence-corrected chi connectivity index (χ3v) is 4.25. The summed E-state index contributed by atoms with van der Waals surface area (Å²) < 4.78 is 12.8. The molecule has 0 amide bonds. The molecule has 20 heavy (non-hydrogen) atoms. The van der Waals surface area contributed by atoms with Gasteiger partial charge in [0.2, 0.25) is 0 Å². The maximum absolute atomic E-state index is 12.8. The lowest BCUT2D eigenvalue weighted by molar-refractivity contribution is -0.00803. The summed E-state index contributed by atoms with van der Waals surface area (Å²) in [6.07, 6.45) is 3.06. The molecule has 112 valence electrons. The van der Waals surface area contributed by atoms with E-state index in [0.717, 1.165) is 25.7 Å². The monoisotopic (exact) mass is 281 g/mol. The lowest BCUT2D eigenvalue weighted by Crippen LogP contribution is -2.44. The van der Waals surface area contributed by atoms with Gasteiger partial charge in [-0.05, 0) is 49.3 Å². The minimum atomic E-state index is -0.679. The summed E-state index contributed by atoms with van der Waals surface area (Å²) in [6, 6.07) is 5.85. The molecule has 0 heterocycles. The molecule has 3 N–H and O–H groups in total. The second-order valence-electron chi connectivity index (χ2n) is 6.11. The Bertz CT molecular complexity index is 413. The first-order valence-electron chi connectivity index (χ1n) is 7.35. The highest BCUT2D eigenvalue weighted by Crippen LogP contribution is 2.31. The molecular formula is C16H24FNO2. The van der Waals surface area contributed by atoms with E-state index in [0.29, 0.717) is 24.6 Å². The Kier molecular flexibility index (Phi) is 5.13. The van der Waals surface area contributed by atoms with Gasteiger partial charge in [-0.1, -0.05) is 19.1 Å². The van der Waals surface area contributed by atoms with E-state index in [2.05, 4.69) is 12.2 Å². The number of halogens is 1. The van der Waals surface area contributed by atoms with Crippen LogP contribution in [0.4, 0.5) is 4.39 Å². The fourth-order valence-corrected chi connectivity index (χ4v) is 2.72. The van der Waals surface area contributed by atoms with Crippen molar-refractivity contribution >= 4 is 0 Å². The van der Waals surface area contributed by atoms with E-state index in [1.165, 1.54) is 12.1 Å². The van der Waals surface area contributed by atoms with Crippen LogP contribution in [0.1, 0.15) is 44.3 Å². The van der Waals surface area contributed by atoms with E-state index in [1.807, 2.05) is 0 Å². The molecule has 0 saturated heterocycles. The van der Waals surface area contributed by atoms with Gasteiger partial charge in [0.15, 0.2) is 0 Å². The van der Waals surface area contributed by atoms with Crippen molar-refractivity contribution in [2.45, 2.75) is 44.3 Å². The summed E-state index contributed by atoms with van der Waals surface area (Å²) in [4.78, 5) is 0. The topological polar surface area (TPSA) is 52.5 Å². The van der Waals surface area contributed by atoms with Gasteiger partial charge in [0, 0.05) is 13.1 Å². The second-order valence-corrected chi connectivity index (χ2v) is 6.11. The van der Waals surface area contributed by atoms with Crippen molar-refractivity contribution < 1.29 is 14.6 Å². The third kappa shape index (κ3) is 4.27. The van der Waals surface area contributed by atoms with Gasteiger partial charge in [-0.2, -0.15) is 0 Å². The highest BCUT2D eigenvalue weighted by Gasteiger charge is 2.31. The fraction of sp³-hybridized carbons (Fsp3) is 0.625. The number of aliphatic hydroxyl groups excluding tert-OH is 1. The van der Waals surface area contributed by atoms with Gasteiger partial charge in [-0.25, -0.2) is 4.39 Å². The van der Waals surface area contributed by atoms with Crippen LogP contribution in [-0.4, -0.2) is 28.9 Å². The van der Waals surface area contributed by atoms with Crippen LogP contribution in [0.5, 0.6) is 0 Å². The van der Waals surface area contributed by atoms with Crippen LogP contribution in [0.15, 0.2) is 24.3 Å². The van der Waals surface area contributed by atoms with Gasteiger partial charge in [0.25, 0.3) is 0 Å². The fourth-order valence-electron chi connectivity index (χ4n) is 2.72. The Labute approximate surface area is 119 Å². The van der Waals surface area contributed by atoms with Crippen LogP contribution >= 0.6 is 0 Å². The molecule has 0 spiro atoms. The summed E-state index contributed by atoms with van der Waals surface area (Å²) in [5, 5.41) is 23.5. The first kappa shape index (κ1) is 15.4. The molecule has 1 atom stereocenters. The number of hydrogen-bond donors (Lipinski definition) is 3. The van der Waals surface area contributed by atoms with Gasteiger partial charge in [0.1, 0.15) is 5.82 Å². The van der Waals surface area contributed by atoms with Crippen LogP contribution < -0.4 is 5.32 Å². The number of aliphatic hydroxyl groups is 2. The second kappa shape index (κ2) is 6.66. The SMILES string of the molecule is CC1CCC(O)(CNCC(O)c2ccc(F)cc2)CC1. The van der Waals surface area contributed by atoms with Gasteiger partial charge in [-0.15, -0.1) is 0 Å². The van der Waals surface area contributed by atoms with Crippen molar-refractivity contribution in [3.63, 3.8) is 0 Å². The lowest BCUT2D eigenvalue weighted by atomic mass is 9.79. The van der Waals surface area contributed by atoms with E-state index in [9.17, 15) is 14.6 Å². The molecule has 1 unspecified atom stereocenters. The summed E-state index contributed by atoms with van der Waals surface area (Å²) in [7, 11) is 0. The number of rotatable bonds is 5. The zero-order valence-electron chi connectivity index (χ0n) is 12.0. The average Bonchev–Trinajstić information content (AvgIpc) is 2.43. The molecule has 1 aromatic carbocycles. The minimum absolute atomic E-state index is 0.306. The molecule has 0 aromatic heterocycles. The Hall–Kier alpha value is -0.970. The van der Waals surface area contributed by atoms with Crippen LogP contribution in [0.3, 0.4) is 0 Å². The largest absolute Gasteiger partial charge is 0.389 e. The average molecular weight is 281 g/mol. The van der Waals surface area contributed by atoms with Crippen molar-refractivity contribution in [3.05, 3.63) is 35.6 Å². The number of benzene rings is 1. The van der Waals surface area contributed by atoms with Gasteiger partial charge in [0.05, 0.1) is 11.7 Å². The molecule has 1 saturated carbocycles. The van der Waals surface area contributed by atoms with Crippen LogP contribution in [0, 0.1) is 11.7 Å². The van der Waals surface area contributed by atoms with Gasteiger partial charge < -0.3 is 15.5 Å². The molecule has 2 rings (SSSR count). The summed E-state index contributed by atoms with van der Waals surface area (Å²) in [5.41, 5.74) is 0.0397. The number of nitrogens with one attached hydrogen (secondary N) is 1. The van der Waals surface area contributed by atoms with Crippen LogP contribution in [0.2, 0.25) is 0 Å². The highest BCUT2D eigenvalue weighted by molar-refractivity contribution is 5.18. The lowest BCUT2D eigenvalue weighted by Gasteiger charge is -2.35. The van der Waals surface area contributed by atoms with E-state index >= 15 is 0 Å². The molecular weight excluding hydrogens is 257 g/mol. The quantitative estimate of drug-likeness (QED) is 0.777. The zero-order chi connectivity index (χ0) is 14.6. The maximum Gasteiger partial charge on any atom is 0.123 e. The van der Waals surface area contributed by atoms with Crippen molar-refractivity contribution in [1.82, 2.24) is 5.32 Å².